The van der Waals surface area contributed by atoms with Gasteiger partial charge < -0.3 is 5.32 Å². The molecule has 2 N–H and O–H groups in total. The van der Waals surface area contributed by atoms with E-state index in [2.05, 4.69) is 21.6 Å². The molecule has 0 atom stereocenters. The van der Waals surface area contributed by atoms with Gasteiger partial charge in [0, 0.05) is 24.4 Å². The Morgan fingerprint density at radius 1 is 1.50 bits per heavy atom. The number of nitrogens with one attached hydrogen (secondary N) is 2. The van der Waals surface area contributed by atoms with Crippen LogP contribution in [0.1, 0.15) is 16.1 Å². The minimum Gasteiger partial charge on any atom is -0.355 e. The third kappa shape index (κ3) is 1.82. The van der Waals surface area contributed by atoms with Crippen LogP contribution in [0.25, 0.3) is 11.1 Å². The number of amides is 1. The van der Waals surface area contributed by atoms with E-state index in [-0.39, 0.29) is 5.91 Å². The summed E-state index contributed by atoms with van der Waals surface area (Å²) >= 11 is 0. The first-order valence-electron chi connectivity index (χ1n) is 4.96. The molecule has 0 aliphatic carbocycles. The molecule has 0 saturated carbocycles. The van der Waals surface area contributed by atoms with Gasteiger partial charge in [-0.3, -0.25) is 9.89 Å². The number of H-pyrrole nitrogens is 1. The Morgan fingerprint density at radius 2 is 2.31 bits per heavy atom. The molecule has 0 fully saturated rings. The zero-order chi connectivity index (χ0) is 11.5. The van der Waals surface area contributed by atoms with Gasteiger partial charge in [-0.05, 0) is 36.8 Å². The van der Waals surface area contributed by atoms with Gasteiger partial charge in [-0.1, -0.05) is 0 Å². The van der Waals surface area contributed by atoms with Crippen LogP contribution in [-0.2, 0) is 0 Å². The molecule has 2 rings (SSSR count). The maximum absolute atomic E-state index is 11.5. The lowest BCUT2D eigenvalue weighted by atomic mass is 10.0. The number of rotatable bonds is 2. The summed E-state index contributed by atoms with van der Waals surface area (Å²) < 4.78 is 0. The number of carbonyl (C=O) groups excluding carboxylic acids is 1. The Kier molecular flexibility index (Phi) is 2.72. The molecular formula is C12H12N3O. The van der Waals surface area contributed by atoms with Gasteiger partial charge in [0.05, 0.1) is 5.69 Å². The van der Waals surface area contributed by atoms with Crippen molar-refractivity contribution < 1.29 is 4.79 Å². The van der Waals surface area contributed by atoms with Gasteiger partial charge in [0.15, 0.2) is 0 Å². The smallest absolute Gasteiger partial charge is 0.251 e. The molecule has 1 aromatic carbocycles. The van der Waals surface area contributed by atoms with Crippen LogP contribution in [0, 0.1) is 13.0 Å². The molecule has 16 heavy (non-hydrogen) atoms. The second kappa shape index (κ2) is 4.18. The zero-order valence-electron chi connectivity index (χ0n) is 9.16. The van der Waals surface area contributed by atoms with Crippen LogP contribution in [0.15, 0.2) is 24.4 Å². The van der Waals surface area contributed by atoms with Crippen molar-refractivity contribution in [2.45, 2.75) is 6.92 Å². The molecule has 4 heteroatoms. The van der Waals surface area contributed by atoms with Gasteiger partial charge in [0.2, 0.25) is 0 Å². The average molecular weight is 214 g/mol. The lowest BCUT2D eigenvalue weighted by Gasteiger charge is -2.02. The van der Waals surface area contributed by atoms with Crippen molar-refractivity contribution in [2.24, 2.45) is 0 Å². The molecule has 1 aromatic heterocycles. The fourth-order valence-electron chi connectivity index (χ4n) is 1.55. The molecule has 0 bridgehead atoms. The Hall–Kier alpha value is -2.10. The predicted octanol–water partition coefficient (Wildman–Crippen LogP) is 1.54. The summed E-state index contributed by atoms with van der Waals surface area (Å²) in [6, 6.07) is 8.29. The number of nitrogens with zero attached hydrogens (tertiary/aromatic N) is 1. The van der Waals surface area contributed by atoms with E-state index in [4.69, 9.17) is 0 Å². The van der Waals surface area contributed by atoms with Crippen molar-refractivity contribution in [2.75, 3.05) is 7.05 Å². The summed E-state index contributed by atoms with van der Waals surface area (Å²) in [6.45, 7) is 1.92. The standard InChI is InChI=1S/C12H12N3O/c1-8-11(7-14-15-8)9-4-3-5-10(6-9)12(16)13-2/h4-7H,1-2H3,(H,13,16)(H,14,15). The number of hydrogen-bond donors (Lipinski definition) is 2. The maximum Gasteiger partial charge on any atom is 0.251 e. The highest BCUT2D eigenvalue weighted by molar-refractivity contribution is 5.95. The Bertz CT molecular complexity index is 516. The lowest BCUT2D eigenvalue weighted by molar-refractivity contribution is 0.0963. The summed E-state index contributed by atoms with van der Waals surface area (Å²) in [5.74, 6) is -0.112. The van der Waals surface area contributed by atoms with E-state index >= 15 is 0 Å². The van der Waals surface area contributed by atoms with E-state index in [0.717, 1.165) is 16.8 Å². The first-order valence-corrected chi connectivity index (χ1v) is 4.96. The topological polar surface area (TPSA) is 57.8 Å². The van der Waals surface area contributed by atoms with Crippen molar-refractivity contribution in [3.05, 3.63) is 41.7 Å². The van der Waals surface area contributed by atoms with Crippen LogP contribution in [-0.4, -0.2) is 23.2 Å². The fraction of sp³-hybridized carbons (Fsp3) is 0.167. The molecule has 0 unspecified atom stereocenters. The molecule has 0 spiro atoms. The van der Waals surface area contributed by atoms with E-state index in [0.29, 0.717) is 5.56 Å². The molecule has 0 aliphatic heterocycles. The van der Waals surface area contributed by atoms with Gasteiger partial charge in [0.1, 0.15) is 0 Å². The molecule has 1 radical (unpaired) electrons. The Labute approximate surface area is 93.7 Å². The minimum atomic E-state index is -0.112. The molecule has 0 aliphatic rings. The number of aromatic nitrogens is 2. The second-order valence-electron chi connectivity index (χ2n) is 3.47. The summed E-state index contributed by atoms with van der Waals surface area (Å²) in [5.41, 5.74) is 3.43. The minimum absolute atomic E-state index is 0.112. The van der Waals surface area contributed by atoms with Crippen molar-refractivity contribution in [1.29, 1.82) is 0 Å². The average Bonchev–Trinajstić information content (AvgIpc) is 2.74. The number of carbonyl (C=O) groups is 1. The van der Waals surface area contributed by atoms with Crippen LogP contribution >= 0.6 is 0 Å². The van der Waals surface area contributed by atoms with Gasteiger partial charge in [-0.2, -0.15) is 5.10 Å². The summed E-state index contributed by atoms with van der Waals surface area (Å²) in [5, 5.41) is 9.43. The highest BCUT2D eigenvalue weighted by atomic mass is 16.1. The number of aromatic amines is 1. The van der Waals surface area contributed by atoms with Crippen molar-refractivity contribution >= 4 is 5.91 Å². The number of aryl methyl sites for hydroxylation is 1. The van der Waals surface area contributed by atoms with Crippen LogP contribution < -0.4 is 5.32 Å². The second-order valence-corrected chi connectivity index (χ2v) is 3.47. The summed E-state index contributed by atoms with van der Waals surface area (Å²) in [7, 11) is 1.61. The summed E-state index contributed by atoms with van der Waals surface area (Å²) in [6.07, 6.45) is 1.81. The first-order chi connectivity index (χ1) is 7.72. The van der Waals surface area contributed by atoms with Crippen LogP contribution in [0.2, 0.25) is 0 Å². The normalized spacial score (nSPS) is 10.1. The van der Waals surface area contributed by atoms with E-state index in [9.17, 15) is 4.79 Å². The fourth-order valence-corrected chi connectivity index (χ4v) is 1.55. The maximum atomic E-state index is 11.5. The largest absolute Gasteiger partial charge is 0.355 e. The van der Waals surface area contributed by atoms with Crippen LogP contribution in [0.3, 0.4) is 0 Å². The lowest BCUT2D eigenvalue weighted by Crippen LogP contribution is -2.17. The van der Waals surface area contributed by atoms with E-state index < -0.39 is 0 Å². The summed E-state index contributed by atoms with van der Waals surface area (Å²) in [4.78, 5) is 11.5. The van der Waals surface area contributed by atoms with Crippen molar-refractivity contribution in [3.8, 4) is 11.1 Å². The van der Waals surface area contributed by atoms with Crippen LogP contribution in [0.5, 0.6) is 0 Å². The molecule has 81 valence electrons. The predicted molar refractivity (Wildman–Crippen MR) is 61.0 cm³/mol. The first kappa shape index (κ1) is 10.4. The molecule has 0 saturated heterocycles. The van der Waals surface area contributed by atoms with Crippen molar-refractivity contribution in [3.63, 3.8) is 0 Å². The highest BCUT2D eigenvalue weighted by Gasteiger charge is 2.07. The number of benzene rings is 1. The van der Waals surface area contributed by atoms with Gasteiger partial charge in [-0.15, -0.1) is 0 Å². The van der Waals surface area contributed by atoms with E-state index in [1.807, 2.05) is 25.3 Å². The van der Waals surface area contributed by atoms with Crippen molar-refractivity contribution in [1.82, 2.24) is 15.5 Å². The monoisotopic (exact) mass is 214 g/mol. The Morgan fingerprint density at radius 3 is 2.94 bits per heavy atom. The van der Waals surface area contributed by atoms with Gasteiger partial charge >= 0.3 is 0 Å². The Balaban J connectivity index is 2.44. The molecular weight excluding hydrogens is 202 g/mol. The molecule has 4 nitrogen and oxygen atoms in total. The number of hydrogen-bond acceptors (Lipinski definition) is 2. The van der Waals surface area contributed by atoms with E-state index in [1.165, 1.54) is 0 Å². The van der Waals surface area contributed by atoms with Crippen LogP contribution in [0.4, 0.5) is 0 Å². The quantitative estimate of drug-likeness (QED) is 0.796. The third-order valence-electron chi connectivity index (χ3n) is 2.42. The van der Waals surface area contributed by atoms with E-state index in [1.54, 1.807) is 13.1 Å². The zero-order valence-corrected chi connectivity index (χ0v) is 9.16. The van der Waals surface area contributed by atoms with Gasteiger partial charge in [0.25, 0.3) is 5.91 Å². The SMILES string of the molecule is CNC(=O)c1c[c]cc(-c2c[nH]nc2C)c1. The highest BCUT2D eigenvalue weighted by Crippen LogP contribution is 2.21. The molecule has 1 heterocycles. The molecule has 1 amide bonds. The van der Waals surface area contributed by atoms with Gasteiger partial charge in [-0.25, -0.2) is 0 Å². The third-order valence-corrected chi connectivity index (χ3v) is 2.42. The molecule has 2 aromatic rings.